The van der Waals surface area contributed by atoms with Gasteiger partial charge in [-0.25, -0.2) is 4.98 Å². The molecule has 0 spiro atoms. The van der Waals surface area contributed by atoms with Crippen molar-refractivity contribution in [2.45, 2.75) is 38.2 Å². The molecule has 3 aromatic rings. The van der Waals surface area contributed by atoms with Crippen LogP contribution < -0.4 is 10.5 Å². The van der Waals surface area contributed by atoms with E-state index in [1.165, 1.54) is 11.9 Å². The van der Waals surface area contributed by atoms with E-state index in [9.17, 15) is 10.2 Å². The fourth-order valence-corrected chi connectivity index (χ4v) is 3.39. The van der Waals surface area contributed by atoms with Crippen LogP contribution >= 0.6 is 0 Å². The number of aliphatic hydroxyl groups excluding tert-OH is 2. The van der Waals surface area contributed by atoms with Gasteiger partial charge >= 0.3 is 6.01 Å². The van der Waals surface area contributed by atoms with Crippen LogP contribution in [-0.4, -0.2) is 55.2 Å². The average molecular weight is 385 g/mol. The largest absolute Gasteiger partial charge is 0.463 e. The summed E-state index contributed by atoms with van der Waals surface area (Å²) in [6.07, 6.45) is 0.640. The Labute approximate surface area is 161 Å². The van der Waals surface area contributed by atoms with Crippen LogP contribution in [0.3, 0.4) is 0 Å². The maximum atomic E-state index is 10.3. The van der Waals surface area contributed by atoms with E-state index >= 15 is 0 Å². The Bertz CT molecular complexity index is 976. The van der Waals surface area contributed by atoms with Crippen LogP contribution in [0.15, 0.2) is 30.6 Å². The lowest BCUT2D eigenvalue weighted by molar-refractivity contribution is -0.0487. The van der Waals surface area contributed by atoms with Crippen molar-refractivity contribution in [1.29, 1.82) is 0 Å². The molecule has 2 aromatic heterocycles. The lowest BCUT2D eigenvalue weighted by atomic mass is 10.1. The first-order valence-corrected chi connectivity index (χ1v) is 9.18. The average Bonchev–Trinajstić information content (AvgIpc) is 3.25. The summed E-state index contributed by atoms with van der Waals surface area (Å²) in [7, 11) is 0. The number of hydrogen-bond acceptors (Lipinski definition) is 8. The molecular weight excluding hydrogens is 362 g/mol. The van der Waals surface area contributed by atoms with Gasteiger partial charge in [0.05, 0.1) is 25.6 Å². The number of anilines is 1. The van der Waals surface area contributed by atoms with Gasteiger partial charge in [0.15, 0.2) is 23.2 Å². The van der Waals surface area contributed by atoms with Gasteiger partial charge in [-0.2, -0.15) is 9.97 Å². The van der Waals surface area contributed by atoms with Crippen LogP contribution in [0.5, 0.6) is 6.01 Å². The molecular formula is C19H23N5O4. The molecule has 9 heteroatoms. The van der Waals surface area contributed by atoms with Gasteiger partial charge in [-0.3, -0.25) is 4.57 Å². The lowest BCUT2D eigenvalue weighted by Crippen LogP contribution is -2.19. The second kappa shape index (κ2) is 7.70. The molecule has 28 heavy (non-hydrogen) atoms. The SMILES string of the molecule is Cc1cccc(CCOc2nc(N)c3ncn(C4OC(CO)CC4O)c3n2)c1. The fraction of sp³-hybridized carbons (Fsp3) is 0.421. The summed E-state index contributed by atoms with van der Waals surface area (Å²) in [5.41, 5.74) is 9.20. The highest BCUT2D eigenvalue weighted by molar-refractivity contribution is 5.82. The number of nitrogen functional groups attached to an aromatic ring is 1. The Kier molecular flexibility index (Phi) is 5.12. The monoisotopic (exact) mass is 385 g/mol. The van der Waals surface area contributed by atoms with Gasteiger partial charge in [0.25, 0.3) is 0 Å². The van der Waals surface area contributed by atoms with Crippen molar-refractivity contribution < 1.29 is 19.7 Å². The minimum Gasteiger partial charge on any atom is -0.463 e. The van der Waals surface area contributed by atoms with E-state index in [1.807, 2.05) is 25.1 Å². The molecule has 9 nitrogen and oxygen atoms in total. The maximum absolute atomic E-state index is 10.3. The Morgan fingerprint density at radius 2 is 2.21 bits per heavy atom. The smallest absolute Gasteiger partial charge is 0.320 e. The van der Waals surface area contributed by atoms with Crippen LogP contribution in [0.25, 0.3) is 11.2 Å². The molecule has 1 saturated heterocycles. The number of hydrogen-bond donors (Lipinski definition) is 3. The van der Waals surface area contributed by atoms with Crippen molar-refractivity contribution in [2.75, 3.05) is 18.9 Å². The lowest BCUT2D eigenvalue weighted by Gasteiger charge is -2.16. The third-order valence-electron chi connectivity index (χ3n) is 4.78. The minimum absolute atomic E-state index is 0.144. The molecule has 3 heterocycles. The quantitative estimate of drug-likeness (QED) is 0.573. The topological polar surface area (TPSA) is 129 Å². The molecule has 1 aliphatic rings. The molecule has 0 amide bonds. The summed E-state index contributed by atoms with van der Waals surface area (Å²) in [5.74, 6) is 0.195. The number of nitrogens with two attached hydrogens (primary N) is 1. The molecule has 148 valence electrons. The molecule has 4 rings (SSSR count). The Morgan fingerprint density at radius 3 is 2.96 bits per heavy atom. The minimum atomic E-state index is -0.781. The summed E-state index contributed by atoms with van der Waals surface area (Å²) < 4.78 is 13.0. The van der Waals surface area contributed by atoms with Gasteiger partial charge in [-0.15, -0.1) is 0 Å². The van der Waals surface area contributed by atoms with E-state index in [0.717, 1.165) is 5.56 Å². The Hall–Kier alpha value is -2.75. The zero-order valence-corrected chi connectivity index (χ0v) is 15.5. The number of nitrogens with zero attached hydrogens (tertiary/aromatic N) is 4. The Morgan fingerprint density at radius 1 is 1.36 bits per heavy atom. The van der Waals surface area contributed by atoms with Gasteiger partial charge in [-0.1, -0.05) is 29.8 Å². The van der Waals surface area contributed by atoms with E-state index < -0.39 is 18.4 Å². The van der Waals surface area contributed by atoms with Crippen LogP contribution in [0.2, 0.25) is 0 Å². The molecule has 1 fully saturated rings. The highest BCUT2D eigenvalue weighted by atomic mass is 16.5. The van der Waals surface area contributed by atoms with Gasteiger partial charge in [-0.05, 0) is 12.5 Å². The van der Waals surface area contributed by atoms with E-state index in [4.69, 9.17) is 15.2 Å². The van der Waals surface area contributed by atoms with Gasteiger partial charge < -0.3 is 25.4 Å². The highest BCUT2D eigenvalue weighted by Gasteiger charge is 2.36. The van der Waals surface area contributed by atoms with E-state index in [2.05, 4.69) is 21.0 Å². The van der Waals surface area contributed by atoms with Crippen molar-refractivity contribution >= 4 is 17.0 Å². The van der Waals surface area contributed by atoms with Crippen molar-refractivity contribution in [2.24, 2.45) is 0 Å². The zero-order chi connectivity index (χ0) is 19.7. The molecule has 0 aliphatic carbocycles. The predicted octanol–water partition coefficient (Wildman–Crippen LogP) is 0.979. The fourth-order valence-electron chi connectivity index (χ4n) is 3.39. The first kappa shape index (κ1) is 18.6. The van der Waals surface area contributed by atoms with Gasteiger partial charge in [0, 0.05) is 12.8 Å². The van der Waals surface area contributed by atoms with E-state index in [-0.39, 0.29) is 18.4 Å². The molecule has 3 unspecified atom stereocenters. The summed E-state index contributed by atoms with van der Waals surface area (Å²) in [6.45, 7) is 2.28. The number of aliphatic hydroxyl groups is 2. The molecule has 4 N–H and O–H groups in total. The molecule has 1 aromatic carbocycles. The molecule has 0 saturated carbocycles. The van der Waals surface area contributed by atoms with Crippen LogP contribution in [0.4, 0.5) is 5.82 Å². The van der Waals surface area contributed by atoms with Crippen LogP contribution in [0.1, 0.15) is 23.8 Å². The second-order valence-corrected chi connectivity index (χ2v) is 6.94. The van der Waals surface area contributed by atoms with Crippen LogP contribution in [0, 0.1) is 6.92 Å². The second-order valence-electron chi connectivity index (χ2n) is 6.94. The van der Waals surface area contributed by atoms with Crippen molar-refractivity contribution in [3.63, 3.8) is 0 Å². The van der Waals surface area contributed by atoms with E-state index in [0.29, 0.717) is 30.6 Å². The number of imidazole rings is 1. The van der Waals surface area contributed by atoms with Crippen LogP contribution in [-0.2, 0) is 11.2 Å². The highest BCUT2D eigenvalue weighted by Crippen LogP contribution is 2.32. The number of fused-ring (bicyclic) bond motifs is 1. The Balaban J connectivity index is 1.53. The number of benzene rings is 1. The summed E-state index contributed by atoms with van der Waals surface area (Å²) in [4.78, 5) is 12.8. The number of ether oxygens (including phenoxy) is 2. The van der Waals surface area contributed by atoms with Gasteiger partial charge in [0.2, 0.25) is 0 Å². The number of aryl methyl sites for hydroxylation is 1. The summed E-state index contributed by atoms with van der Waals surface area (Å²) in [5, 5.41) is 19.5. The maximum Gasteiger partial charge on any atom is 0.320 e. The zero-order valence-electron chi connectivity index (χ0n) is 15.5. The number of aromatic nitrogens is 4. The first-order chi connectivity index (χ1) is 13.5. The first-order valence-electron chi connectivity index (χ1n) is 9.18. The third kappa shape index (κ3) is 3.64. The molecule has 0 bridgehead atoms. The molecule has 1 aliphatic heterocycles. The molecule has 0 radical (unpaired) electrons. The predicted molar refractivity (Wildman–Crippen MR) is 102 cm³/mol. The van der Waals surface area contributed by atoms with Gasteiger partial charge in [0.1, 0.15) is 6.10 Å². The number of rotatable bonds is 6. The van der Waals surface area contributed by atoms with Crippen molar-refractivity contribution in [3.05, 3.63) is 41.7 Å². The standard InChI is InChI=1S/C19H23N5O4/c1-11-3-2-4-12(7-11)5-6-27-19-22-16(20)15-17(23-19)24(10-21-15)18-14(26)8-13(9-25)28-18/h2-4,7,10,13-14,18,25-26H,5-6,8-9H2,1H3,(H2,20,22,23). The summed E-state index contributed by atoms with van der Waals surface area (Å²) >= 11 is 0. The summed E-state index contributed by atoms with van der Waals surface area (Å²) in [6, 6.07) is 8.35. The van der Waals surface area contributed by atoms with Crippen molar-refractivity contribution in [1.82, 2.24) is 19.5 Å². The molecule has 3 atom stereocenters. The van der Waals surface area contributed by atoms with E-state index in [1.54, 1.807) is 4.57 Å². The third-order valence-corrected chi connectivity index (χ3v) is 4.78. The normalized spacial score (nSPS) is 22.0. The van der Waals surface area contributed by atoms with Crippen molar-refractivity contribution in [3.8, 4) is 6.01 Å².